The lowest BCUT2D eigenvalue weighted by Crippen LogP contribution is -1.99. The number of nitrogen functional groups attached to an aromatic ring is 1. The average Bonchev–Trinajstić information content (AvgIpc) is 2.17. The zero-order valence-corrected chi connectivity index (χ0v) is 7.60. The van der Waals surface area contributed by atoms with Gasteiger partial charge in [0.1, 0.15) is 6.07 Å². The highest BCUT2D eigenvalue weighted by Gasteiger charge is 2.14. The van der Waals surface area contributed by atoms with Gasteiger partial charge in [0, 0.05) is 12.1 Å². The molecular weight excluding hydrogens is 196 g/mol. The van der Waals surface area contributed by atoms with Gasteiger partial charge in [0.15, 0.2) is 0 Å². The second-order valence-corrected chi connectivity index (χ2v) is 2.77. The zero-order chi connectivity index (χ0) is 11.4. The van der Waals surface area contributed by atoms with Crippen LogP contribution in [0.25, 0.3) is 0 Å². The summed E-state index contributed by atoms with van der Waals surface area (Å²) < 4.78 is 0. The summed E-state index contributed by atoms with van der Waals surface area (Å²) in [6.45, 7) is 0. The van der Waals surface area contributed by atoms with Crippen LogP contribution in [0.1, 0.15) is 11.1 Å². The number of non-ortho nitro benzene ring substituents is 1. The maximum Gasteiger partial charge on any atom is 0.271 e. The number of nitriles is 2. The van der Waals surface area contributed by atoms with Crippen LogP contribution < -0.4 is 5.73 Å². The Kier molecular flexibility index (Phi) is 2.85. The molecule has 0 saturated heterocycles. The fourth-order valence-electron chi connectivity index (χ4n) is 1.18. The largest absolute Gasteiger partial charge is 0.397 e. The van der Waals surface area contributed by atoms with Gasteiger partial charge in [0.2, 0.25) is 0 Å². The molecule has 0 saturated carbocycles. The molecule has 6 nitrogen and oxygen atoms in total. The zero-order valence-electron chi connectivity index (χ0n) is 7.60. The van der Waals surface area contributed by atoms with Crippen LogP contribution in [0.4, 0.5) is 11.4 Å². The number of nitrogens with two attached hydrogens (primary N) is 1. The number of benzene rings is 1. The van der Waals surface area contributed by atoms with Crippen LogP contribution in [0, 0.1) is 32.8 Å². The fourth-order valence-corrected chi connectivity index (χ4v) is 1.18. The van der Waals surface area contributed by atoms with Crippen molar-refractivity contribution in [3.63, 3.8) is 0 Å². The van der Waals surface area contributed by atoms with Crippen LogP contribution in [0.2, 0.25) is 0 Å². The van der Waals surface area contributed by atoms with Crippen molar-refractivity contribution in [1.82, 2.24) is 0 Å². The van der Waals surface area contributed by atoms with E-state index >= 15 is 0 Å². The summed E-state index contributed by atoms with van der Waals surface area (Å²) >= 11 is 0. The lowest BCUT2D eigenvalue weighted by Gasteiger charge is -2.02. The van der Waals surface area contributed by atoms with Crippen LogP contribution in [0.15, 0.2) is 12.1 Å². The van der Waals surface area contributed by atoms with Gasteiger partial charge in [-0.2, -0.15) is 10.5 Å². The van der Waals surface area contributed by atoms with E-state index in [1.165, 1.54) is 6.07 Å². The second kappa shape index (κ2) is 4.07. The molecule has 1 aromatic rings. The molecule has 0 radical (unpaired) electrons. The Labute approximate surface area is 85.3 Å². The molecule has 6 heteroatoms. The monoisotopic (exact) mass is 202 g/mol. The van der Waals surface area contributed by atoms with E-state index in [1.807, 2.05) is 12.1 Å². The van der Waals surface area contributed by atoms with Crippen LogP contribution in [-0.2, 0) is 6.42 Å². The predicted octanol–water partition coefficient (Wildman–Crippen LogP) is 1.11. The Hall–Kier alpha value is -2.60. The molecule has 2 N–H and O–H groups in total. The summed E-state index contributed by atoms with van der Waals surface area (Å²) in [7, 11) is 0. The van der Waals surface area contributed by atoms with E-state index in [1.54, 1.807) is 0 Å². The Bertz CT molecular complexity index is 496. The highest BCUT2D eigenvalue weighted by Crippen LogP contribution is 2.24. The number of anilines is 1. The van der Waals surface area contributed by atoms with E-state index in [0.29, 0.717) is 0 Å². The molecule has 0 fully saturated rings. The van der Waals surface area contributed by atoms with Crippen molar-refractivity contribution in [3.8, 4) is 12.1 Å². The van der Waals surface area contributed by atoms with E-state index in [-0.39, 0.29) is 28.9 Å². The molecule has 1 aromatic carbocycles. The quantitative estimate of drug-likeness (QED) is 0.438. The lowest BCUT2D eigenvalue weighted by molar-refractivity contribution is -0.384. The molecule has 0 aliphatic carbocycles. The molecule has 0 heterocycles. The number of hydrogen-bond acceptors (Lipinski definition) is 5. The molecule has 1 rings (SSSR count). The van der Waals surface area contributed by atoms with Gasteiger partial charge in [-0.3, -0.25) is 10.1 Å². The van der Waals surface area contributed by atoms with Crippen LogP contribution in [0.5, 0.6) is 0 Å². The first-order valence-electron chi connectivity index (χ1n) is 3.94. The van der Waals surface area contributed by atoms with Crippen molar-refractivity contribution in [2.75, 3.05) is 5.73 Å². The van der Waals surface area contributed by atoms with E-state index in [0.717, 1.165) is 6.07 Å². The number of rotatable bonds is 2. The maximum atomic E-state index is 10.5. The molecule has 0 atom stereocenters. The first-order chi connectivity index (χ1) is 7.10. The topological polar surface area (TPSA) is 117 Å². The van der Waals surface area contributed by atoms with Crippen molar-refractivity contribution in [2.24, 2.45) is 0 Å². The lowest BCUT2D eigenvalue weighted by atomic mass is 10.0. The molecule has 15 heavy (non-hydrogen) atoms. The minimum atomic E-state index is -0.613. The van der Waals surface area contributed by atoms with Gasteiger partial charge < -0.3 is 5.73 Å². The fraction of sp³-hybridized carbons (Fsp3) is 0.111. The molecule has 0 amide bonds. The second-order valence-electron chi connectivity index (χ2n) is 2.77. The Morgan fingerprint density at radius 2 is 2.13 bits per heavy atom. The summed E-state index contributed by atoms with van der Waals surface area (Å²) in [5.74, 6) is 0. The number of nitro groups is 1. The number of nitro benzene ring substituents is 1. The highest BCUT2D eigenvalue weighted by molar-refractivity contribution is 5.63. The van der Waals surface area contributed by atoms with Crippen LogP contribution in [0.3, 0.4) is 0 Å². The van der Waals surface area contributed by atoms with Crippen molar-refractivity contribution in [2.45, 2.75) is 6.42 Å². The molecule has 0 unspecified atom stereocenters. The summed E-state index contributed by atoms with van der Waals surface area (Å²) in [5.41, 5.74) is 5.69. The molecular formula is C9H6N4O2. The summed E-state index contributed by atoms with van der Waals surface area (Å²) in [6, 6.07) is 5.94. The molecule has 0 spiro atoms. The predicted molar refractivity (Wildman–Crippen MR) is 51.5 cm³/mol. The normalized spacial score (nSPS) is 8.93. The first kappa shape index (κ1) is 10.5. The third kappa shape index (κ3) is 2.01. The number of nitrogens with zero attached hydrogens (tertiary/aromatic N) is 3. The maximum absolute atomic E-state index is 10.5. The smallest absolute Gasteiger partial charge is 0.271 e. The Morgan fingerprint density at radius 3 is 2.60 bits per heavy atom. The van der Waals surface area contributed by atoms with Gasteiger partial charge in [0.05, 0.1) is 28.7 Å². The molecule has 0 aliphatic rings. The Balaban J connectivity index is 3.41. The van der Waals surface area contributed by atoms with Crippen molar-refractivity contribution in [1.29, 1.82) is 10.5 Å². The van der Waals surface area contributed by atoms with Crippen molar-refractivity contribution in [3.05, 3.63) is 33.4 Å². The summed E-state index contributed by atoms with van der Waals surface area (Å²) in [4.78, 5) is 9.88. The van der Waals surface area contributed by atoms with E-state index in [2.05, 4.69) is 0 Å². The summed E-state index contributed by atoms with van der Waals surface area (Å²) in [6.07, 6.45) is -0.0746. The van der Waals surface area contributed by atoms with E-state index < -0.39 is 4.92 Å². The SMILES string of the molecule is N#CCc1cc([N+](=O)[O-])cc(N)c1C#N. The van der Waals surface area contributed by atoms with Gasteiger partial charge in [-0.25, -0.2) is 0 Å². The van der Waals surface area contributed by atoms with Gasteiger partial charge in [0.25, 0.3) is 5.69 Å². The van der Waals surface area contributed by atoms with Gasteiger partial charge in [-0.05, 0) is 5.56 Å². The number of hydrogen-bond donors (Lipinski definition) is 1. The first-order valence-corrected chi connectivity index (χ1v) is 3.94. The van der Waals surface area contributed by atoms with Gasteiger partial charge in [-0.15, -0.1) is 0 Å². The van der Waals surface area contributed by atoms with Crippen LogP contribution >= 0.6 is 0 Å². The minimum Gasteiger partial charge on any atom is -0.397 e. The molecule has 0 aromatic heterocycles. The highest BCUT2D eigenvalue weighted by atomic mass is 16.6. The molecule has 0 aliphatic heterocycles. The minimum absolute atomic E-state index is 0.0250. The summed E-state index contributed by atoms with van der Waals surface area (Å²) in [5, 5.41) is 27.7. The average molecular weight is 202 g/mol. The third-order valence-corrected chi connectivity index (χ3v) is 1.83. The van der Waals surface area contributed by atoms with E-state index in [9.17, 15) is 10.1 Å². The third-order valence-electron chi connectivity index (χ3n) is 1.83. The molecule has 0 bridgehead atoms. The van der Waals surface area contributed by atoms with Crippen LogP contribution in [-0.4, -0.2) is 4.92 Å². The van der Waals surface area contributed by atoms with Crippen molar-refractivity contribution < 1.29 is 4.92 Å². The van der Waals surface area contributed by atoms with Crippen molar-refractivity contribution >= 4 is 11.4 Å². The van der Waals surface area contributed by atoms with Gasteiger partial charge in [-0.1, -0.05) is 0 Å². The molecule has 74 valence electrons. The standard InChI is InChI=1S/C9H6N4O2/c10-2-1-6-3-7(13(14)15)4-9(12)8(6)5-11/h3-4H,1,12H2. The van der Waals surface area contributed by atoms with Gasteiger partial charge >= 0.3 is 0 Å². The van der Waals surface area contributed by atoms with E-state index in [4.69, 9.17) is 16.3 Å². The Morgan fingerprint density at radius 1 is 1.47 bits per heavy atom.